The zero-order valence-electron chi connectivity index (χ0n) is 17.3. The van der Waals surface area contributed by atoms with Crippen molar-refractivity contribution >= 4 is 22.0 Å². The van der Waals surface area contributed by atoms with Crippen LogP contribution >= 0.6 is 0 Å². The van der Waals surface area contributed by atoms with Crippen molar-refractivity contribution in [3.63, 3.8) is 0 Å². The van der Waals surface area contributed by atoms with Gasteiger partial charge in [-0.3, -0.25) is 10.1 Å². The molecular weight excluding hydrogens is 443 g/mol. The number of imide groups is 1. The van der Waals surface area contributed by atoms with E-state index in [0.29, 0.717) is 18.1 Å². The molecule has 2 N–H and O–H groups in total. The van der Waals surface area contributed by atoms with E-state index in [2.05, 4.69) is 15.0 Å². The molecule has 0 radical (unpaired) electrons. The lowest BCUT2D eigenvalue weighted by Gasteiger charge is -2.16. The van der Waals surface area contributed by atoms with Gasteiger partial charge in [-0.15, -0.1) is 0 Å². The number of nitrogens with one attached hydrogen (secondary N) is 2. The Hall–Kier alpha value is -2.99. The Morgan fingerprint density at radius 2 is 2.16 bits per heavy atom. The number of hydrogen-bond donors (Lipinski definition) is 2. The predicted octanol–water partition coefficient (Wildman–Crippen LogP) is 1.83. The molecule has 2 heterocycles. The summed E-state index contributed by atoms with van der Waals surface area (Å²) in [6.45, 7) is 1.98. The maximum atomic E-state index is 14.0. The molecule has 1 saturated carbocycles. The van der Waals surface area contributed by atoms with E-state index in [9.17, 15) is 22.4 Å². The molecular formula is C20H23FN4O6S. The van der Waals surface area contributed by atoms with Crippen LogP contribution in [0.25, 0.3) is 0 Å². The maximum Gasteiger partial charge on any atom is 0.324 e. The highest BCUT2D eigenvalue weighted by molar-refractivity contribution is 7.88. The molecule has 1 aliphatic carbocycles. The molecule has 1 aliphatic heterocycles. The van der Waals surface area contributed by atoms with Crippen LogP contribution in [0.15, 0.2) is 28.8 Å². The lowest BCUT2D eigenvalue weighted by Crippen LogP contribution is -2.28. The van der Waals surface area contributed by atoms with Crippen molar-refractivity contribution in [2.75, 3.05) is 13.2 Å². The largest absolute Gasteiger partial charge is 0.490 e. The Balaban J connectivity index is 1.36. The number of carbonyl (C=O) groups is 2. The maximum absolute atomic E-state index is 14.0. The van der Waals surface area contributed by atoms with Gasteiger partial charge in [0, 0.05) is 6.04 Å². The van der Waals surface area contributed by atoms with Crippen molar-refractivity contribution in [2.45, 2.75) is 38.1 Å². The number of ether oxygens (including phenoxy) is 1. The van der Waals surface area contributed by atoms with Gasteiger partial charge in [0.25, 0.3) is 0 Å². The van der Waals surface area contributed by atoms with Gasteiger partial charge in [-0.25, -0.2) is 27.3 Å². The Kier molecular flexibility index (Phi) is 6.15. The van der Waals surface area contributed by atoms with Crippen molar-refractivity contribution < 1.29 is 31.6 Å². The number of rotatable bonds is 10. The summed E-state index contributed by atoms with van der Waals surface area (Å²) in [6, 6.07) is 3.06. The SMILES string of the molecule is C[C@@H](NS(=O)(=O)Cc1ncc(CN2CC(=O)NC2=O)o1)c1ccc(F)c(OCC2CC2)c1. The van der Waals surface area contributed by atoms with Crippen LogP contribution < -0.4 is 14.8 Å². The highest BCUT2D eigenvalue weighted by Gasteiger charge is 2.28. The molecule has 0 unspecified atom stereocenters. The lowest BCUT2D eigenvalue weighted by molar-refractivity contribution is -0.118. The molecule has 172 valence electrons. The summed E-state index contributed by atoms with van der Waals surface area (Å²) in [5.74, 6) is -0.679. The van der Waals surface area contributed by atoms with Crippen LogP contribution in [0, 0.1) is 11.7 Å². The van der Waals surface area contributed by atoms with Gasteiger partial charge < -0.3 is 14.1 Å². The van der Waals surface area contributed by atoms with Gasteiger partial charge in [-0.05, 0) is 43.4 Å². The van der Waals surface area contributed by atoms with E-state index in [-0.39, 0.29) is 30.5 Å². The molecule has 32 heavy (non-hydrogen) atoms. The molecule has 2 aliphatic rings. The van der Waals surface area contributed by atoms with Crippen LogP contribution in [-0.2, 0) is 27.1 Å². The first kappa shape index (κ1) is 22.2. The number of urea groups is 1. The second-order valence-electron chi connectivity index (χ2n) is 7.97. The number of hydrogen-bond acceptors (Lipinski definition) is 7. The Labute approximate surface area is 184 Å². The van der Waals surface area contributed by atoms with Gasteiger partial charge in [0.2, 0.25) is 21.8 Å². The zero-order chi connectivity index (χ0) is 22.9. The standard InChI is InChI=1S/C20H23FN4O6S/c1-12(14-4-5-16(21)17(6-14)30-10-13-2-3-13)24-32(28,29)11-19-22-7-15(31-19)8-25-9-18(26)23-20(25)27/h4-7,12-13,24H,2-3,8-11H2,1H3,(H,23,26,27)/t12-/m1/s1. The van der Waals surface area contributed by atoms with E-state index >= 15 is 0 Å². The summed E-state index contributed by atoms with van der Waals surface area (Å²) in [5, 5.41) is 2.14. The molecule has 2 aromatic rings. The smallest absolute Gasteiger partial charge is 0.324 e. The highest BCUT2D eigenvalue weighted by Crippen LogP contribution is 2.31. The minimum atomic E-state index is -3.84. The third-order valence-corrected chi connectivity index (χ3v) is 6.45. The van der Waals surface area contributed by atoms with Gasteiger partial charge in [-0.1, -0.05) is 6.07 Å². The van der Waals surface area contributed by atoms with Crippen LogP contribution in [0.5, 0.6) is 5.75 Å². The fraction of sp³-hybridized carbons (Fsp3) is 0.450. The van der Waals surface area contributed by atoms with E-state index in [0.717, 1.165) is 12.8 Å². The molecule has 1 atom stereocenters. The Morgan fingerprint density at radius 1 is 1.38 bits per heavy atom. The average molecular weight is 466 g/mol. The second kappa shape index (κ2) is 8.87. The summed E-state index contributed by atoms with van der Waals surface area (Å²) in [5.41, 5.74) is 0.554. The van der Waals surface area contributed by atoms with Crippen molar-refractivity contribution in [3.05, 3.63) is 47.4 Å². The normalized spacial score (nSPS) is 17.5. The monoisotopic (exact) mass is 466 g/mol. The molecule has 4 rings (SSSR count). The third-order valence-electron chi connectivity index (χ3n) is 5.11. The zero-order valence-corrected chi connectivity index (χ0v) is 18.2. The number of oxazole rings is 1. The van der Waals surface area contributed by atoms with E-state index in [1.54, 1.807) is 6.92 Å². The minimum absolute atomic E-state index is 0.00628. The van der Waals surface area contributed by atoms with Gasteiger partial charge in [0.1, 0.15) is 18.1 Å². The number of carbonyl (C=O) groups excluding carboxylic acids is 2. The van der Waals surface area contributed by atoms with Crippen LogP contribution in [-0.4, -0.2) is 43.4 Å². The van der Waals surface area contributed by atoms with Crippen LogP contribution in [0.3, 0.4) is 0 Å². The lowest BCUT2D eigenvalue weighted by atomic mass is 10.1. The topological polar surface area (TPSA) is 131 Å². The van der Waals surface area contributed by atoms with Crippen molar-refractivity contribution in [2.24, 2.45) is 5.92 Å². The van der Waals surface area contributed by atoms with Crippen LogP contribution in [0.1, 0.15) is 43.0 Å². The third kappa shape index (κ3) is 5.62. The number of halogens is 1. The quantitative estimate of drug-likeness (QED) is 0.511. The summed E-state index contributed by atoms with van der Waals surface area (Å²) >= 11 is 0. The Bertz CT molecular complexity index is 1130. The van der Waals surface area contributed by atoms with Gasteiger partial charge in [-0.2, -0.15) is 0 Å². The molecule has 12 heteroatoms. The van der Waals surface area contributed by atoms with Gasteiger partial charge in [0.15, 0.2) is 11.6 Å². The Morgan fingerprint density at radius 3 is 2.84 bits per heavy atom. The number of benzene rings is 1. The fourth-order valence-electron chi connectivity index (χ4n) is 3.22. The second-order valence-corrected chi connectivity index (χ2v) is 9.73. The molecule has 2 fully saturated rings. The molecule has 10 nitrogen and oxygen atoms in total. The van der Waals surface area contributed by atoms with E-state index < -0.39 is 39.6 Å². The molecule has 3 amide bonds. The van der Waals surface area contributed by atoms with Crippen LogP contribution in [0.2, 0.25) is 0 Å². The first-order valence-corrected chi connectivity index (χ1v) is 11.8. The average Bonchev–Trinajstić information content (AvgIpc) is 3.36. The van der Waals surface area contributed by atoms with Crippen molar-refractivity contribution in [3.8, 4) is 5.75 Å². The fourth-order valence-corrected chi connectivity index (χ4v) is 4.44. The summed E-state index contributed by atoms with van der Waals surface area (Å²) in [4.78, 5) is 28.0. The summed E-state index contributed by atoms with van der Waals surface area (Å²) in [6.07, 6.45) is 3.46. The van der Waals surface area contributed by atoms with E-state index in [1.807, 2.05) is 0 Å². The number of amides is 3. The van der Waals surface area contributed by atoms with Gasteiger partial charge >= 0.3 is 6.03 Å². The highest BCUT2D eigenvalue weighted by atomic mass is 32.2. The summed E-state index contributed by atoms with van der Waals surface area (Å²) in [7, 11) is -3.84. The predicted molar refractivity (Wildman–Crippen MR) is 109 cm³/mol. The van der Waals surface area contributed by atoms with Crippen LogP contribution in [0.4, 0.5) is 9.18 Å². The number of sulfonamides is 1. The van der Waals surface area contributed by atoms with Gasteiger partial charge in [0.05, 0.1) is 19.3 Å². The first-order chi connectivity index (χ1) is 15.2. The number of aromatic nitrogens is 1. The molecule has 0 bridgehead atoms. The van der Waals surface area contributed by atoms with Crippen molar-refractivity contribution in [1.29, 1.82) is 0 Å². The molecule has 1 aromatic carbocycles. The summed E-state index contributed by atoms with van der Waals surface area (Å²) < 4.78 is 52.6. The molecule has 1 aromatic heterocycles. The molecule has 1 saturated heterocycles. The van der Waals surface area contributed by atoms with E-state index in [4.69, 9.17) is 9.15 Å². The van der Waals surface area contributed by atoms with Crippen molar-refractivity contribution in [1.82, 2.24) is 19.9 Å². The first-order valence-electron chi connectivity index (χ1n) is 10.1. The van der Waals surface area contributed by atoms with E-state index in [1.165, 1.54) is 29.3 Å². The molecule has 0 spiro atoms. The minimum Gasteiger partial charge on any atom is -0.490 e. The number of nitrogens with zero attached hydrogens (tertiary/aromatic N) is 2.